The molecule has 72 valence electrons. The lowest BCUT2D eigenvalue weighted by Crippen LogP contribution is -2.21. The van der Waals surface area contributed by atoms with Gasteiger partial charge in [0.15, 0.2) is 0 Å². The summed E-state index contributed by atoms with van der Waals surface area (Å²) in [6.45, 7) is 3.13. The summed E-state index contributed by atoms with van der Waals surface area (Å²) in [6.07, 6.45) is 0.999. The highest BCUT2D eigenvalue weighted by molar-refractivity contribution is 5.22. The zero-order valence-electron chi connectivity index (χ0n) is 8.33. The molecule has 0 aliphatic rings. The van der Waals surface area contributed by atoms with E-state index in [4.69, 9.17) is 5.11 Å². The fourth-order valence-electron chi connectivity index (χ4n) is 1.26. The third-order valence-electron chi connectivity index (χ3n) is 2.11. The Morgan fingerprint density at radius 1 is 1.38 bits per heavy atom. The fourth-order valence-corrected chi connectivity index (χ4v) is 1.26. The molecule has 0 unspecified atom stereocenters. The van der Waals surface area contributed by atoms with Gasteiger partial charge in [-0.25, -0.2) is 0 Å². The molecular weight excluding hydrogens is 162 g/mol. The topological polar surface area (TPSA) is 23.5 Å². The Kier molecular flexibility index (Phi) is 3.93. The van der Waals surface area contributed by atoms with Gasteiger partial charge in [0.2, 0.25) is 0 Å². The molecule has 0 atom stereocenters. The van der Waals surface area contributed by atoms with Gasteiger partial charge >= 0.3 is 0 Å². The predicted octanol–water partition coefficient (Wildman–Crippen LogP) is 1.42. The van der Waals surface area contributed by atoms with Crippen LogP contribution < -0.4 is 0 Å². The summed E-state index contributed by atoms with van der Waals surface area (Å²) in [7, 11) is 1.91. The van der Waals surface area contributed by atoms with E-state index in [-0.39, 0.29) is 6.73 Å². The van der Waals surface area contributed by atoms with Crippen molar-refractivity contribution >= 4 is 0 Å². The molecule has 0 heterocycles. The van der Waals surface area contributed by atoms with Crippen molar-refractivity contribution in [3.05, 3.63) is 35.4 Å². The Hall–Kier alpha value is -0.860. The van der Waals surface area contributed by atoms with Crippen LogP contribution in [0.15, 0.2) is 24.3 Å². The lowest BCUT2D eigenvalue weighted by Gasteiger charge is -2.12. The second kappa shape index (κ2) is 5.00. The van der Waals surface area contributed by atoms with E-state index in [0.717, 1.165) is 13.0 Å². The summed E-state index contributed by atoms with van der Waals surface area (Å²) in [6, 6.07) is 8.48. The molecule has 0 fully saturated rings. The monoisotopic (exact) mass is 179 g/mol. The van der Waals surface area contributed by atoms with Gasteiger partial charge in [-0.2, -0.15) is 0 Å². The highest BCUT2D eigenvalue weighted by Crippen LogP contribution is 2.04. The van der Waals surface area contributed by atoms with E-state index in [9.17, 15) is 0 Å². The standard InChI is InChI=1S/C11H17NO/c1-10-4-3-5-11(8-10)6-7-12(2)9-13/h3-5,8,13H,6-7,9H2,1-2H3. The maximum atomic E-state index is 8.79. The first-order chi connectivity index (χ1) is 6.22. The van der Waals surface area contributed by atoms with E-state index in [1.165, 1.54) is 11.1 Å². The van der Waals surface area contributed by atoms with E-state index in [1.54, 1.807) is 0 Å². The number of aliphatic hydroxyl groups excluding tert-OH is 1. The van der Waals surface area contributed by atoms with Crippen molar-refractivity contribution < 1.29 is 5.11 Å². The van der Waals surface area contributed by atoms with Gasteiger partial charge in [0.25, 0.3) is 0 Å². The van der Waals surface area contributed by atoms with E-state index in [0.29, 0.717) is 0 Å². The smallest absolute Gasteiger partial charge is 0.0954 e. The molecule has 2 heteroatoms. The predicted molar refractivity (Wildman–Crippen MR) is 54.6 cm³/mol. The summed E-state index contributed by atoms with van der Waals surface area (Å²) in [5.41, 5.74) is 2.63. The summed E-state index contributed by atoms with van der Waals surface area (Å²) in [4.78, 5) is 1.89. The molecule has 0 aliphatic carbocycles. The van der Waals surface area contributed by atoms with Gasteiger partial charge in [-0.15, -0.1) is 0 Å². The molecule has 0 aliphatic heterocycles. The normalized spacial score (nSPS) is 10.8. The number of likely N-dealkylation sites (N-methyl/N-ethyl adjacent to an activating group) is 1. The number of nitrogens with zero attached hydrogens (tertiary/aromatic N) is 1. The minimum atomic E-state index is 0.131. The zero-order valence-corrected chi connectivity index (χ0v) is 8.33. The van der Waals surface area contributed by atoms with Crippen molar-refractivity contribution in [2.24, 2.45) is 0 Å². The average molecular weight is 179 g/mol. The minimum Gasteiger partial charge on any atom is -0.381 e. The third-order valence-corrected chi connectivity index (χ3v) is 2.11. The molecule has 0 aromatic heterocycles. The summed E-state index contributed by atoms with van der Waals surface area (Å²) in [5, 5.41) is 8.79. The first kappa shape index (κ1) is 10.2. The Labute approximate surface area is 79.8 Å². The quantitative estimate of drug-likeness (QED) is 0.707. The Bertz CT molecular complexity index is 260. The van der Waals surface area contributed by atoms with E-state index >= 15 is 0 Å². The van der Waals surface area contributed by atoms with Gasteiger partial charge in [0.05, 0.1) is 6.73 Å². The number of benzene rings is 1. The summed E-state index contributed by atoms with van der Waals surface area (Å²) < 4.78 is 0. The van der Waals surface area contributed by atoms with Gasteiger partial charge < -0.3 is 5.11 Å². The van der Waals surface area contributed by atoms with Crippen molar-refractivity contribution in [3.63, 3.8) is 0 Å². The molecule has 0 spiro atoms. The van der Waals surface area contributed by atoms with Crippen LogP contribution in [0.2, 0.25) is 0 Å². The maximum absolute atomic E-state index is 8.79. The van der Waals surface area contributed by atoms with Gasteiger partial charge in [0, 0.05) is 6.54 Å². The van der Waals surface area contributed by atoms with Crippen LogP contribution >= 0.6 is 0 Å². The van der Waals surface area contributed by atoms with Crippen LogP contribution in [0.5, 0.6) is 0 Å². The minimum absolute atomic E-state index is 0.131. The van der Waals surface area contributed by atoms with Gasteiger partial charge in [-0.1, -0.05) is 29.8 Å². The molecular formula is C11H17NO. The Balaban J connectivity index is 2.45. The molecule has 13 heavy (non-hydrogen) atoms. The largest absolute Gasteiger partial charge is 0.381 e. The van der Waals surface area contributed by atoms with Crippen LogP contribution in [0.4, 0.5) is 0 Å². The fraction of sp³-hybridized carbons (Fsp3) is 0.455. The second-order valence-corrected chi connectivity index (χ2v) is 3.46. The first-order valence-electron chi connectivity index (χ1n) is 4.57. The van der Waals surface area contributed by atoms with Crippen molar-refractivity contribution in [1.82, 2.24) is 4.90 Å². The summed E-state index contributed by atoms with van der Waals surface area (Å²) in [5.74, 6) is 0. The van der Waals surface area contributed by atoms with Crippen molar-refractivity contribution in [2.75, 3.05) is 20.3 Å². The number of hydrogen-bond donors (Lipinski definition) is 1. The number of aryl methyl sites for hydroxylation is 1. The SMILES string of the molecule is Cc1cccc(CCN(C)CO)c1. The lowest BCUT2D eigenvalue weighted by molar-refractivity contribution is 0.134. The summed E-state index contributed by atoms with van der Waals surface area (Å²) >= 11 is 0. The zero-order chi connectivity index (χ0) is 9.68. The maximum Gasteiger partial charge on any atom is 0.0954 e. The average Bonchev–Trinajstić information content (AvgIpc) is 2.14. The van der Waals surface area contributed by atoms with Crippen molar-refractivity contribution in [1.29, 1.82) is 0 Å². The highest BCUT2D eigenvalue weighted by atomic mass is 16.3. The van der Waals surface area contributed by atoms with E-state index in [1.807, 2.05) is 11.9 Å². The van der Waals surface area contributed by atoms with Crippen LogP contribution in [0, 0.1) is 6.92 Å². The molecule has 0 amide bonds. The second-order valence-electron chi connectivity index (χ2n) is 3.46. The molecule has 0 radical (unpaired) electrons. The number of rotatable bonds is 4. The number of hydrogen-bond acceptors (Lipinski definition) is 2. The molecule has 2 nitrogen and oxygen atoms in total. The lowest BCUT2D eigenvalue weighted by atomic mass is 10.1. The number of aliphatic hydroxyl groups is 1. The van der Waals surface area contributed by atoms with Crippen molar-refractivity contribution in [3.8, 4) is 0 Å². The van der Waals surface area contributed by atoms with Crippen LogP contribution in [0.3, 0.4) is 0 Å². The molecule has 1 aromatic carbocycles. The van der Waals surface area contributed by atoms with E-state index < -0.39 is 0 Å². The van der Waals surface area contributed by atoms with Crippen LogP contribution in [0.25, 0.3) is 0 Å². The Morgan fingerprint density at radius 3 is 2.77 bits per heavy atom. The van der Waals surface area contributed by atoms with Crippen LogP contribution in [0.1, 0.15) is 11.1 Å². The first-order valence-corrected chi connectivity index (χ1v) is 4.57. The highest BCUT2D eigenvalue weighted by Gasteiger charge is 1.97. The van der Waals surface area contributed by atoms with Crippen LogP contribution in [-0.2, 0) is 6.42 Å². The van der Waals surface area contributed by atoms with E-state index in [2.05, 4.69) is 31.2 Å². The molecule has 0 saturated carbocycles. The molecule has 1 aromatic rings. The molecule has 1 N–H and O–H groups in total. The molecule has 1 rings (SSSR count). The molecule has 0 bridgehead atoms. The van der Waals surface area contributed by atoms with Gasteiger partial charge in [-0.3, -0.25) is 4.90 Å². The van der Waals surface area contributed by atoms with Gasteiger partial charge in [-0.05, 0) is 26.0 Å². The molecule has 0 saturated heterocycles. The third kappa shape index (κ3) is 3.57. The van der Waals surface area contributed by atoms with Crippen LogP contribution in [-0.4, -0.2) is 30.3 Å². The van der Waals surface area contributed by atoms with Gasteiger partial charge in [0.1, 0.15) is 0 Å². The van der Waals surface area contributed by atoms with Crippen molar-refractivity contribution in [2.45, 2.75) is 13.3 Å². The Morgan fingerprint density at radius 2 is 2.15 bits per heavy atom.